The van der Waals surface area contributed by atoms with Crippen molar-refractivity contribution in [2.24, 2.45) is 5.73 Å². The molecule has 0 unspecified atom stereocenters. The summed E-state index contributed by atoms with van der Waals surface area (Å²) in [6.07, 6.45) is -5.58. The molecule has 0 amide bonds. The van der Waals surface area contributed by atoms with E-state index in [4.69, 9.17) is 10.5 Å². The van der Waals surface area contributed by atoms with E-state index in [1.165, 1.54) is 0 Å². The molecule has 0 saturated carbocycles. The first-order chi connectivity index (χ1) is 6.81. The topological polar surface area (TPSA) is 44.5 Å². The van der Waals surface area contributed by atoms with E-state index >= 15 is 0 Å². The summed E-state index contributed by atoms with van der Waals surface area (Å²) in [5.41, 5.74) is 5.04. The zero-order valence-electron chi connectivity index (χ0n) is 7.82. The Morgan fingerprint density at radius 3 is 1.87 bits per heavy atom. The van der Waals surface area contributed by atoms with E-state index in [0.717, 1.165) is 0 Å². The summed E-state index contributed by atoms with van der Waals surface area (Å²) in [6.45, 7) is -1.63. The monoisotopic (exact) mass is 237 g/mol. The van der Waals surface area contributed by atoms with Crippen LogP contribution in [0.2, 0.25) is 0 Å². The van der Waals surface area contributed by atoms with E-state index in [9.17, 15) is 22.0 Å². The van der Waals surface area contributed by atoms with Crippen molar-refractivity contribution in [3.05, 3.63) is 0 Å². The largest absolute Gasteiger partial charge is 0.455 e. The molecule has 0 spiro atoms. The highest BCUT2D eigenvalue weighted by Gasteiger charge is 2.57. The van der Waals surface area contributed by atoms with Gasteiger partial charge in [-0.05, 0) is 0 Å². The second-order valence-corrected chi connectivity index (χ2v) is 2.66. The third kappa shape index (κ3) is 5.85. The average molecular weight is 237 g/mol. The van der Waals surface area contributed by atoms with Crippen LogP contribution >= 0.6 is 0 Å². The van der Waals surface area contributed by atoms with Crippen LogP contribution < -0.4 is 5.73 Å². The Hall–Kier alpha value is -0.470. The lowest BCUT2D eigenvalue weighted by Crippen LogP contribution is -2.41. The quantitative estimate of drug-likeness (QED) is 0.534. The van der Waals surface area contributed by atoms with Gasteiger partial charge >= 0.3 is 12.1 Å². The van der Waals surface area contributed by atoms with Crippen molar-refractivity contribution in [1.29, 1.82) is 0 Å². The molecule has 15 heavy (non-hydrogen) atoms. The zero-order chi connectivity index (χ0) is 11.9. The van der Waals surface area contributed by atoms with E-state index in [1.807, 2.05) is 0 Å². The summed E-state index contributed by atoms with van der Waals surface area (Å²) in [7, 11) is 0. The first-order valence-corrected chi connectivity index (χ1v) is 4.11. The summed E-state index contributed by atoms with van der Waals surface area (Å²) < 4.78 is 68.0. The van der Waals surface area contributed by atoms with Crippen LogP contribution in [0.5, 0.6) is 0 Å². The van der Waals surface area contributed by atoms with E-state index in [-0.39, 0.29) is 26.4 Å². The predicted molar refractivity (Wildman–Crippen MR) is 41.7 cm³/mol. The highest BCUT2D eigenvalue weighted by Crippen LogP contribution is 2.35. The number of hydrogen-bond acceptors (Lipinski definition) is 3. The fraction of sp³-hybridized carbons (Fsp3) is 1.00. The third-order valence-electron chi connectivity index (χ3n) is 1.33. The summed E-state index contributed by atoms with van der Waals surface area (Å²) in [5.74, 6) is -4.82. The molecule has 0 aliphatic carbocycles. The van der Waals surface area contributed by atoms with Crippen LogP contribution in [0.25, 0.3) is 0 Å². The van der Waals surface area contributed by atoms with E-state index in [2.05, 4.69) is 4.74 Å². The second-order valence-electron chi connectivity index (χ2n) is 2.66. The summed E-state index contributed by atoms with van der Waals surface area (Å²) >= 11 is 0. The molecule has 3 nitrogen and oxygen atoms in total. The second kappa shape index (κ2) is 6.19. The summed E-state index contributed by atoms with van der Waals surface area (Å²) in [5, 5.41) is 0. The van der Waals surface area contributed by atoms with Gasteiger partial charge in [0.2, 0.25) is 0 Å². The van der Waals surface area contributed by atoms with Crippen LogP contribution in [0.15, 0.2) is 0 Å². The number of halogens is 5. The molecule has 0 aromatic carbocycles. The lowest BCUT2D eigenvalue weighted by atomic mass is 10.3. The number of ether oxygens (including phenoxy) is 2. The summed E-state index contributed by atoms with van der Waals surface area (Å²) in [6, 6.07) is 0. The van der Waals surface area contributed by atoms with Crippen LogP contribution in [0.1, 0.15) is 0 Å². The van der Waals surface area contributed by atoms with Gasteiger partial charge in [0.15, 0.2) is 0 Å². The molecule has 0 aliphatic rings. The molecule has 0 fully saturated rings. The van der Waals surface area contributed by atoms with Gasteiger partial charge in [-0.1, -0.05) is 0 Å². The molecule has 2 N–H and O–H groups in total. The zero-order valence-corrected chi connectivity index (χ0v) is 7.82. The van der Waals surface area contributed by atoms with Crippen molar-refractivity contribution in [2.45, 2.75) is 12.1 Å². The van der Waals surface area contributed by atoms with Crippen molar-refractivity contribution in [2.75, 3.05) is 33.0 Å². The van der Waals surface area contributed by atoms with Gasteiger partial charge in [-0.15, -0.1) is 0 Å². The molecule has 0 aliphatic heterocycles. The van der Waals surface area contributed by atoms with Crippen LogP contribution in [0.3, 0.4) is 0 Å². The van der Waals surface area contributed by atoms with Crippen LogP contribution in [0, 0.1) is 0 Å². The Morgan fingerprint density at radius 1 is 0.867 bits per heavy atom. The first-order valence-electron chi connectivity index (χ1n) is 4.11. The maximum absolute atomic E-state index is 12.2. The fourth-order valence-electron chi connectivity index (χ4n) is 0.585. The Kier molecular flexibility index (Phi) is 5.99. The predicted octanol–water partition coefficient (Wildman–Crippen LogP) is 1.18. The molecule has 0 heterocycles. The van der Waals surface area contributed by atoms with Crippen molar-refractivity contribution in [3.8, 4) is 0 Å². The molecule has 8 heteroatoms. The number of rotatable bonds is 7. The molecular formula is C7H12F5NO2. The lowest BCUT2D eigenvalue weighted by molar-refractivity contribution is -0.297. The van der Waals surface area contributed by atoms with Crippen LogP contribution in [0.4, 0.5) is 22.0 Å². The minimum atomic E-state index is -5.58. The van der Waals surface area contributed by atoms with Gasteiger partial charge in [0.25, 0.3) is 0 Å². The van der Waals surface area contributed by atoms with Gasteiger partial charge in [0, 0.05) is 6.54 Å². The minimum Gasteiger partial charge on any atom is -0.378 e. The highest BCUT2D eigenvalue weighted by molar-refractivity contribution is 4.74. The maximum atomic E-state index is 12.2. The smallest absolute Gasteiger partial charge is 0.378 e. The molecule has 0 rings (SSSR count). The van der Waals surface area contributed by atoms with Crippen LogP contribution in [-0.2, 0) is 9.47 Å². The van der Waals surface area contributed by atoms with E-state index in [0.29, 0.717) is 0 Å². The molecule has 0 bridgehead atoms. The molecule has 0 atom stereocenters. The highest BCUT2D eigenvalue weighted by atomic mass is 19.4. The average Bonchev–Trinajstić information content (AvgIpc) is 2.09. The SMILES string of the molecule is NCCOCCOCC(F)(F)C(F)(F)F. The maximum Gasteiger partial charge on any atom is 0.455 e. The Morgan fingerprint density at radius 2 is 1.40 bits per heavy atom. The van der Waals surface area contributed by atoms with E-state index in [1.54, 1.807) is 0 Å². The standard InChI is InChI=1S/C7H12F5NO2/c8-6(9,7(10,11)12)5-15-4-3-14-2-1-13/h1-5,13H2. The summed E-state index contributed by atoms with van der Waals surface area (Å²) in [4.78, 5) is 0. The third-order valence-corrected chi connectivity index (χ3v) is 1.33. The molecule has 0 aromatic rings. The first kappa shape index (κ1) is 14.5. The Balaban J connectivity index is 3.58. The van der Waals surface area contributed by atoms with Gasteiger partial charge in [0.1, 0.15) is 6.61 Å². The molecule has 92 valence electrons. The van der Waals surface area contributed by atoms with Gasteiger partial charge in [-0.2, -0.15) is 22.0 Å². The molecule has 0 saturated heterocycles. The van der Waals surface area contributed by atoms with Crippen molar-refractivity contribution >= 4 is 0 Å². The minimum absolute atomic E-state index is 0.0643. The number of alkyl halides is 5. The van der Waals surface area contributed by atoms with Gasteiger partial charge in [0.05, 0.1) is 19.8 Å². The number of nitrogens with two attached hydrogens (primary N) is 1. The number of hydrogen-bond donors (Lipinski definition) is 1. The van der Waals surface area contributed by atoms with Crippen molar-refractivity contribution in [3.63, 3.8) is 0 Å². The van der Waals surface area contributed by atoms with Crippen molar-refractivity contribution < 1.29 is 31.4 Å². The molecule has 0 radical (unpaired) electrons. The normalized spacial score (nSPS) is 13.2. The van der Waals surface area contributed by atoms with Gasteiger partial charge in [-0.3, -0.25) is 0 Å². The Labute approximate surface area is 83.3 Å². The van der Waals surface area contributed by atoms with Crippen LogP contribution in [-0.4, -0.2) is 45.1 Å². The lowest BCUT2D eigenvalue weighted by Gasteiger charge is -2.19. The Bertz CT molecular complexity index is 173. The van der Waals surface area contributed by atoms with Gasteiger partial charge in [-0.25, -0.2) is 0 Å². The van der Waals surface area contributed by atoms with Gasteiger partial charge < -0.3 is 15.2 Å². The van der Waals surface area contributed by atoms with E-state index < -0.39 is 18.7 Å². The van der Waals surface area contributed by atoms with Crippen molar-refractivity contribution in [1.82, 2.24) is 0 Å². The fourth-order valence-corrected chi connectivity index (χ4v) is 0.585. The molecule has 0 aromatic heterocycles. The molecular weight excluding hydrogens is 225 g/mol.